The van der Waals surface area contributed by atoms with Crippen molar-refractivity contribution in [2.45, 2.75) is 53.0 Å². The van der Waals surface area contributed by atoms with Crippen LogP contribution in [-0.2, 0) is 16.0 Å². The minimum atomic E-state index is -1.32. The standard InChI is InChI=1S/C20H25NO6/c1-5-10(2)17(19(24)25)21-16(23)9-7-14-11(3)13-6-8-15(22)12(4)18(13)27-20(14)26/h6,8,10,17,22H,5,7,9H2,1-4H3,(H,21,23)(H,24,25)/p-1/t10-,17+/m1/s1. The number of hydrogen-bond acceptors (Lipinski definition) is 6. The van der Waals surface area contributed by atoms with Crippen molar-refractivity contribution >= 4 is 22.8 Å². The molecule has 0 aliphatic heterocycles. The van der Waals surface area contributed by atoms with Gasteiger partial charge in [0.25, 0.3) is 0 Å². The van der Waals surface area contributed by atoms with Gasteiger partial charge < -0.3 is 24.7 Å². The zero-order valence-electron chi connectivity index (χ0n) is 15.9. The molecule has 1 aromatic carbocycles. The molecule has 0 bridgehead atoms. The van der Waals surface area contributed by atoms with Crippen LogP contribution in [0.15, 0.2) is 21.3 Å². The van der Waals surface area contributed by atoms with E-state index in [1.807, 2.05) is 6.92 Å². The lowest BCUT2D eigenvalue weighted by molar-refractivity contribution is -0.309. The summed E-state index contributed by atoms with van der Waals surface area (Å²) in [6.07, 6.45) is 0.656. The number of aliphatic carboxylic acids is 1. The first kappa shape index (κ1) is 20.5. The van der Waals surface area contributed by atoms with Crippen LogP contribution in [-0.4, -0.2) is 23.0 Å². The Kier molecular flexibility index (Phi) is 6.25. The highest BCUT2D eigenvalue weighted by Gasteiger charge is 2.20. The highest BCUT2D eigenvalue weighted by Crippen LogP contribution is 2.28. The van der Waals surface area contributed by atoms with E-state index in [4.69, 9.17) is 4.42 Å². The second-order valence-corrected chi connectivity index (χ2v) is 6.83. The Labute approximate surface area is 157 Å². The van der Waals surface area contributed by atoms with Crippen molar-refractivity contribution in [1.82, 2.24) is 5.32 Å². The number of carboxylic acid groups (broad SMARTS) is 1. The number of rotatable bonds is 7. The number of phenolic OH excluding ortho intramolecular Hbond substituents is 1. The quantitative estimate of drug-likeness (QED) is 0.706. The van der Waals surface area contributed by atoms with E-state index in [0.29, 0.717) is 34.1 Å². The lowest BCUT2D eigenvalue weighted by atomic mass is 9.98. The number of aryl methyl sites for hydroxylation is 2. The van der Waals surface area contributed by atoms with Gasteiger partial charge in [-0.15, -0.1) is 0 Å². The molecule has 2 rings (SSSR count). The van der Waals surface area contributed by atoms with Crippen molar-refractivity contribution in [3.8, 4) is 5.75 Å². The third-order valence-electron chi connectivity index (χ3n) is 5.06. The number of carbonyl (C=O) groups excluding carboxylic acids is 2. The van der Waals surface area contributed by atoms with E-state index in [2.05, 4.69) is 5.32 Å². The van der Waals surface area contributed by atoms with Gasteiger partial charge >= 0.3 is 5.63 Å². The summed E-state index contributed by atoms with van der Waals surface area (Å²) in [5, 5.41) is 24.1. The van der Waals surface area contributed by atoms with E-state index in [0.717, 1.165) is 0 Å². The fourth-order valence-electron chi connectivity index (χ4n) is 3.02. The molecule has 2 aromatic rings. The molecule has 0 aliphatic rings. The molecule has 146 valence electrons. The van der Waals surface area contributed by atoms with Crippen LogP contribution in [0.3, 0.4) is 0 Å². The van der Waals surface area contributed by atoms with Crippen molar-refractivity contribution in [1.29, 1.82) is 0 Å². The summed E-state index contributed by atoms with van der Waals surface area (Å²) in [4.78, 5) is 35.7. The highest BCUT2D eigenvalue weighted by atomic mass is 16.4. The van der Waals surface area contributed by atoms with Gasteiger partial charge in [-0.2, -0.15) is 0 Å². The molecule has 1 heterocycles. The summed E-state index contributed by atoms with van der Waals surface area (Å²) < 4.78 is 5.34. The molecular formula is C20H24NO6-. The highest BCUT2D eigenvalue weighted by molar-refractivity contribution is 5.86. The molecule has 0 saturated carbocycles. The van der Waals surface area contributed by atoms with Gasteiger partial charge in [-0.1, -0.05) is 20.3 Å². The Bertz CT molecular complexity index is 930. The van der Waals surface area contributed by atoms with Crippen LogP contribution in [0.25, 0.3) is 11.0 Å². The topological polar surface area (TPSA) is 120 Å². The van der Waals surface area contributed by atoms with E-state index in [9.17, 15) is 24.6 Å². The van der Waals surface area contributed by atoms with Crippen LogP contribution in [0.1, 0.15) is 43.4 Å². The Morgan fingerprint density at radius 2 is 1.93 bits per heavy atom. The molecule has 7 heteroatoms. The maximum absolute atomic E-state index is 12.3. The fourth-order valence-corrected chi connectivity index (χ4v) is 3.02. The van der Waals surface area contributed by atoms with Gasteiger partial charge in [0, 0.05) is 22.9 Å². The normalized spacial score (nSPS) is 13.3. The number of fused-ring (bicyclic) bond motifs is 1. The molecule has 7 nitrogen and oxygen atoms in total. The summed E-state index contributed by atoms with van der Waals surface area (Å²) in [6, 6.07) is 2.12. The fraction of sp³-hybridized carbons (Fsp3) is 0.450. The first-order valence-electron chi connectivity index (χ1n) is 8.92. The average molecular weight is 374 g/mol. The smallest absolute Gasteiger partial charge is 0.339 e. The SMILES string of the molecule is CC[C@@H](C)[C@H](NC(=O)CCc1c(C)c2ccc(O)c(C)c2oc1=O)C(=O)[O-]. The zero-order chi connectivity index (χ0) is 20.3. The molecule has 1 amide bonds. The van der Waals surface area contributed by atoms with Gasteiger partial charge in [-0.3, -0.25) is 4.79 Å². The Hall–Kier alpha value is -2.83. The molecule has 0 fully saturated rings. The third kappa shape index (κ3) is 4.30. The summed E-state index contributed by atoms with van der Waals surface area (Å²) >= 11 is 0. The predicted molar refractivity (Wildman–Crippen MR) is 98.3 cm³/mol. The molecule has 0 radical (unpaired) electrons. The molecule has 0 unspecified atom stereocenters. The third-order valence-corrected chi connectivity index (χ3v) is 5.06. The van der Waals surface area contributed by atoms with E-state index >= 15 is 0 Å². The molecule has 2 atom stereocenters. The number of nitrogens with one attached hydrogen (secondary N) is 1. The van der Waals surface area contributed by atoms with Gasteiger partial charge in [0.05, 0.1) is 12.0 Å². The second-order valence-electron chi connectivity index (χ2n) is 6.83. The summed E-state index contributed by atoms with van der Waals surface area (Å²) in [5.74, 6) is -2.02. The van der Waals surface area contributed by atoms with Crippen LogP contribution < -0.4 is 16.0 Å². The van der Waals surface area contributed by atoms with E-state index in [1.165, 1.54) is 6.07 Å². The van der Waals surface area contributed by atoms with Crippen LogP contribution in [0.4, 0.5) is 0 Å². The lowest BCUT2D eigenvalue weighted by Gasteiger charge is -2.25. The second kappa shape index (κ2) is 8.24. The number of amides is 1. The summed E-state index contributed by atoms with van der Waals surface area (Å²) in [6.45, 7) is 6.96. The Morgan fingerprint density at radius 3 is 2.52 bits per heavy atom. The van der Waals surface area contributed by atoms with Gasteiger partial charge in [0.1, 0.15) is 11.3 Å². The number of aromatic hydroxyl groups is 1. The van der Waals surface area contributed by atoms with Gasteiger partial charge in [-0.25, -0.2) is 4.79 Å². The number of hydrogen-bond donors (Lipinski definition) is 2. The van der Waals surface area contributed by atoms with E-state index in [1.54, 1.807) is 26.8 Å². The van der Waals surface area contributed by atoms with E-state index in [-0.39, 0.29) is 24.5 Å². The van der Waals surface area contributed by atoms with Gasteiger partial charge in [0.15, 0.2) is 0 Å². The Morgan fingerprint density at radius 1 is 1.26 bits per heavy atom. The molecule has 2 N–H and O–H groups in total. The first-order chi connectivity index (χ1) is 12.7. The predicted octanol–water partition coefficient (Wildman–Crippen LogP) is 1.33. The molecule has 0 spiro atoms. The van der Waals surface area contributed by atoms with Crippen LogP contribution >= 0.6 is 0 Å². The molecule has 0 saturated heterocycles. The molecule has 0 aliphatic carbocycles. The van der Waals surface area contributed by atoms with Crippen molar-refractivity contribution in [3.05, 3.63) is 39.2 Å². The number of carbonyl (C=O) groups is 2. The average Bonchev–Trinajstić information content (AvgIpc) is 2.62. The first-order valence-corrected chi connectivity index (χ1v) is 8.92. The lowest BCUT2D eigenvalue weighted by Crippen LogP contribution is -2.51. The zero-order valence-corrected chi connectivity index (χ0v) is 15.9. The van der Waals surface area contributed by atoms with Crippen LogP contribution in [0, 0.1) is 19.8 Å². The van der Waals surface area contributed by atoms with Crippen LogP contribution in [0.5, 0.6) is 5.75 Å². The number of phenols is 1. The maximum atomic E-state index is 12.3. The van der Waals surface area contributed by atoms with Crippen molar-refractivity contribution < 1.29 is 24.2 Å². The molecule has 1 aromatic heterocycles. The van der Waals surface area contributed by atoms with Crippen molar-refractivity contribution in [3.63, 3.8) is 0 Å². The number of benzene rings is 1. The van der Waals surface area contributed by atoms with Crippen LogP contribution in [0.2, 0.25) is 0 Å². The minimum absolute atomic E-state index is 0.0375. The largest absolute Gasteiger partial charge is 0.548 e. The summed E-state index contributed by atoms with van der Waals surface area (Å²) in [7, 11) is 0. The Balaban J connectivity index is 2.22. The van der Waals surface area contributed by atoms with Crippen molar-refractivity contribution in [2.75, 3.05) is 0 Å². The molecule has 27 heavy (non-hydrogen) atoms. The maximum Gasteiger partial charge on any atom is 0.339 e. The summed E-state index contributed by atoms with van der Waals surface area (Å²) in [5.41, 5.74) is 1.26. The van der Waals surface area contributed by atoms with Crippen molar-refractivity contribution in [2.24, 2.45) is 5.92 Å². The van der Waals surface area contributed by atoms with Gasteiger partial charge in [0.2, 0.25) is 5.91 Å². The van der Waals surface area contributed by atoms with E-state index < -0.39 is 23.5 Å². The minimum Gasteiger partial charge on any atom is -0.548 e. The van der Waals surface area contributed by atoms with Gasteiger partial charge in [-0.05, 0) is 43.9 Å². The number of carboxylic acids is 1. The molecular weight excluding hydrogens is 350 g/mol. The monoisotopic (exact) mass is 374 g/mol.